The molecule has 9 heteroatoms. The van der Waals surface area contributed by atoms with Crippen LogP contribution < -0.4 is 39.2 Å². The summed E-state index contributed by atoms with van der Waals surface area (Å²) in [5.74, 6) is -0.753. The van der Waals surface area contributed by atoms with Crippen LogP contribution in [0.1, 0.15) is 50.7 Å². The second-order valence-corrected chi connectivity index (χ2v) is 9.66. The number of carboxylic acids is 1. The van der Waals surface area contributed by atoms with E-state index in [4.69, 9.17) is 16.7 Å². The molecule has 4 N–H and O–H groups in total. The van der Waals surface area contributed by atoms with Gasteiger partial charge in [-0.3, -0.25) is 18.2 Å². The second-order valence-electron chi connectivity index (χ2n) is 7.20. The maximum Gasteiger partial charge on any atom is 1.00 e. The molecule has 2 aromatic rings. The number of nitrogens with one attached hydrogen (secondary N) is 1. The van der Waals surface area contributed by atoms with Crippen molar-refractivity contribution in [3.05, 3.63) is 58.6 Å². The summed E-state index contributed by atoms with van der Waals surface area (Å²) in [6, 6.07) is 12.8. The molecule has 1 atom stereocenters. The number of fused-ring (bicyclic) bond motifs is 2. The Balaban J connectivity index is 0.00000240. The number of para-hydroxylation sites is 1. The first-order valence-electron chi connectivity index (χ1n) is 9.68. The first kappa shape index (κ1) is 25.5. The van der Waals surface area contributed by atoms with E-state index in [9.17, 15) is 13.9 Å². The van der Waals surface area contributed by atoms with E-state index >= 15 is 0 Å². The number of hydrogen-bond donors (Lipinski definition) is 4. The number of halogens is 1. The number of carboxylic acid groups (broad SMARTS) is 1. The van der Waals surface area contributed by atoms with Crippen LogP contribution in [0.4, 0.5) is 5.69 Å². The quantitative estimate of drug-likeness (QED) is 0.356. The summed E-state index contributed by atoms with van der Waals surface area (Å²) in [5, 5.41) is 12.7. The van der Waals surface area contributed by atoms with Gasteiger partial charge in [-0.2, -0.15) is 0 Å². The van der Waals surface area contributed by atoms with Gasteiger partial charge in [0.25, 0.3) is 0 Å². The topological polar surface area (TPSA) is 93.0 Å². The molecule has 1 heterocycles. The Kier molecular flexibility index (Phi) is 9.52. The van der Waals surface area contributed by atoms with Crippen molar-refractivity contribution in [2.24, 2.45) is 0 Å². The van der Waals surface area contributed by atoms with Gasteiger partial charge in [-0.1, -0.05) is 59.5 Å². The maximum absolute atomic E-state index is 11.0. The fraction of sp³-hybridized carbons (Fsp3) is 0.381. The molecule has 0 spiro atoms. The molecule has 2 aromatic carbocycles. The van der Waals surface area contributed by atoms with Crippen molar-refractivity contribution in [2.75, 3.05) is 17.9 Å². The molecule has 0 aliphatic carbocycles. The molecular weight excluding hydrogens is 435 g/mol. The standard InChI is InChI=1S/C21H27ClN2O4S.Na.H/c1-24-18-9-6-5-8-16(18)21(23-13-7-3-2-4-10-20(25)26)17-12-11-15(22)14-19(17)29(24,27)28;;/h5-6,8-9,11-12,14,21,23,27-28H,2-4,7,10,13H2,1H3,(H,25,26);;/q;+1;-1. The molecule has 0 amide bonds. The SMILES string of the molecule is CN1c2ccccc2C(NCCCCCCC(=O)O)c2ccc(Cl)cc2S1(O)O.[H-].[Na+]. The van der Waals surface area contributed by atoms with Gasteiger partial charge in [0.2, 0.25) is 0 Å². The van der Waals surface area contributed by atoms with Crippen LogP contribution in [0.2, 0.25) is 5.02 Å². The van der Waals surface area contributed by atoms with Crippen molar-refractivity contribution >= 4 is 34.0 Å². The average Bonchev–Trinajstić information content (AvgIpc) is 2.75. The van der Waals surface area contributed by atoms with Crippen molar-refractivity contribution < 1.29 is 50.0 Å². The van der Waals surface area contributed by atoms with Crippen molar-refractivity contribution in [1.82, 2.24) is 5.32 Å². The van der Waals surface area contributed by atoms with Crippen LogP contribution in [-0.4, -0.2) is 33.8 Å². The first-order chi connectivity index (χ1) is 13.8. The molecule has 0 fully saturated rings. The van der Waals surface area contributed by atoms with Gasteiger partial charge in [0, 0.05) is 18.5 Å². The van der Waals surface area contributed by atoms with Gasteiger partial charge in [-0.25, -0.2) is 0 Å². The average molecular weight is 463 g/mol. The molecule has 0 aromatic heterocycles. The summed E-state index contributed by atoms with van der Waals surface area (Å²) in [7, 11) is -1.54. The third-order valence-electron chi connectivity index (χ3n) is 5.22. The summed E-state index contributed by atoms with van der Waals surface area (Å²) in [4.78, 5) is 11.0. The van der Waals surface area contributed by atoms with E-state index in [0.29, 0.717) is 16.3 Å². The molecule has 6 nitrogen and oxygen atoms in total. The van der Waals surface area contributed by atoms with E-state index in [1.165, 1.54) is 4.31 Å². The molecule has 30 heavy (non-hydrogen) atoms. The normalized spacial score (nSPS) is 17.9. The Morgan fingerprint density at radius 1 is 1.13 bits per heavy atom. The van der Waals surface area contributed by atoms with E-state index < -0.39 is 16.7 Å². The van der Waals surface area contributed by atoms with Crippen LogP contribution in [0, 0.1) is 0 Å². The van der Waals surface area contributed by atoms with E-state index in [0.717, 1.165) is 42.6 Å². The fourth-order valence-corrected chi connectivity index (χ4v) is 5.44. The van der Waals surface area contributed by atoms with Crippen molar-refractivity contribution in [2.45, 2.75) is 43.0 Å². The van der Waals surface area contributed by atoms with Gasteiger partial charge in [-0.05, 0) is 48.7 Å². The summed E-state index contributed by atoms with van der Waals surface area (Å²) < 4.78 is 23.5. The molecule has 0 radical (unpaired) electrons. The molecule has 1 aliphatic rings. The van der Waals surface area contributed by atoms with Crippen LogP contribution in [0.5, 0.6) is 0 Å². The maximum atomic E-state index is 11.0. The van der Waals surface area contributed by atoms with E-state index in [1.54, 1.807) is 19.2 Å². The smallest absolute Gasteiger partial charge is 1.00 e. The van der Waals surface area contributed by atoms with Gasteiger partial charge in [0.05, 0.1) is 16.6 Å². The zero-order valence-electron chi connectivity index (χ0n) is 18.3. The number of benzene rings is 2. The number of hydrogen-bond acceptors (Lipinski definition) is 5. The zero-order chi connectivity index (χ0) is 21.0. The minimum atomic E-state index is -3.22. The first-order valence-corrected chi connectivity index (χ1v) is 11.6. The summed E-state index contributed by atoms with van der Waals surface area (Å²) in [6.07, 6.45) is 3.63. The number of nitrogens with zero attached hydrogens (tertiary/aromatic N) is 1. The van der Waals surface area contributed by atoms with Crippen LogP contribution in [-0.2, 0) is 4.79 Å². The van der Waals surface area contributed by atoms with Gasteiger partial charge < -0.3 is 11.8 Å². The molecule has 0 bridgehead atoms. The Morgan fingerprint density at radius 2 is 1.83 bits per heavy atom. The zero-order valence-corrected chi connectivity index (χ0v) is 20.9. The Labute approximate surface area is 207 Å². The van der Waals surface area contributed by atoms with E-state index in [2.05, 4.69) is 5.32 Å². The summed E-state index contributed by atoms with van der Waals surface area (Å²) >= 11 is 6.17. The van der Waals surface area contributed by atoms with Crippen molar-refractivity contribution in [3.8, 4) is 0 Å². The molecular formula is C21H28ClN2NaO4S. The van der Waals surface area contributed by atoms with Crippen molar-refractivity contribution in [1.29, 1.82) is 0 Å². The third kappa shape index (κ3) is 5.72. The van der Waals surface area contributed by atoms with Gasteiger partial charge in [0.1, 0.15) is 0 Å². The predicted molar refractivity (Wildman–Crippen MR) is 119 cm³/mol. The molecule has 160 valence electrons. The van der Waals surface area contributed by atoms with Crippen LogP contribution in [0.3, 0.4) is 0 Å². The number of anilines is 1. The Morgan fingerprint density at radius 3 is 2.57 bits per heavy atom. The van der Waals surface area contributed by atoms with E-state index in [1.807, 2.05) is 30.3 Å². The Hall–Kier alpha value is -0.770. The van der Waals surface area contributed by atoms with Crippen LogP contribution in [0.15, 0.2) is 47.4 Å². The van der Waals surface area contributed by atoms with Crippen LogP contribution in [0.25, 0.3) is 0 Å². The largest absolute Gasteiger partial charge is 1.00 e. The molecule has 0 saturated heterocycles. The summed E-state index contributed by atoms with van der Waals surface area (Å²) in [6.45, 7) is 0.733. The number of rotatable bonds is 8. The van der Waals surface area contributed by atoms with Gasteiger partial charge in [-0.15, -0.1) is 0 Å². The third-order valence-corrected chi connectivity index (χ3v) is 7.36. The number of aliphatic carboxylic acids is 1. The number of carbonyl (C=O) groups is 1. The minimum absolute atomic E-state index is 0. The number of unbranched alkanes of at least 4 members (excludes halogenated alkanes) is 3. The van der Waals surface area contributed by atoms with Gasteiger partial charge >= 0.3 is 35.5 Å². The molecule has 1 aliphatic heterocycles. The predicted octanol–water partition coefficient (Wildman–Crippen LogP) is 2.64. The summed E-state index contributed by atoms with van der Waals surface area (Å²) in [5.41, 5.74) is 2.54. The Bertz CT molecular complexity index is 890. The second kappa shape index (κ2) is 11.2. The monoisotopic (exact) mass is 462 g/mol. The van der Waals surface area contributed by atoms with Crippen LogP contribution >= 0.6 is 22.4 Å². The minimum Gasteiger partial charge on any atom is -1.00 e. The molecule has 3 rings (SSSR count). The molecule has 1 unspecified atom stereocenters. The van der Waals surface area contributed by atoms with Crippen molar-refractivity contribution in [3.63, 3.8) is 0 Å². The molecule has 0 saturated carbocycles. The fourth-order valence-electron chi connectivity index (χ4n) is 3.68. The van der Waals surface area contributed by atoms with E-state index in [-0.39, 0.29) is 43.4 Å². The van der Waals surface area contributed by atoms with Gasteiger partial charge in [0.15, 0.2) is 0 Å².